The second-order valence-corrected chi connectivity index (χ2v) is 4.75. The Bertz CT molecular complexity index is 810. The van der Waals surface area contributed by atoms with Crippen LogP contribution in [0.2, 0.25) is 0 Å². The summed E-state index contributed by atoms with van der Waals surface area (Å²) in [6.45, 7) is -1.05. The number of aromatic nitrogens is 6. The fourth-order valence-corrected chi connectivity index (χ4v) is 1.96. The van der Waals surface area contributed by atoms with E-state index < -0.39 is 33.5 Å². The second-order valence-electron chi connectivity index (χ2n) is 4.75. The molecule has 0 bridgehead atoms. The molecule has 0 amide bonds. The lowest BCUT2D eigenvalue weighted by molar-refractivity contribution is -0.799. The van der Waals surface area contributed by atoms with Crippen molar-refractivity contribution in [2.75, 3.05) is 18.0 Å². The number of nitrogens with zero attached hydrogens (tertiary/aromatic N) is 10. The van der Waals surface area contributed by atoms with Crippen LogP contribution in [0.4, 0.5) is 11.6 Å². The van der Waals surface area contributed by atoms with Gasteiger partial charge in [0.1, 0.15) is 22.2 Å². The highest BCUT2D eigenvalue weighted by molar-refractivity contribution is 5.34. The Morgan fingerprint density at radius 2 is 1.50 bits per heavy atom. The van der Waals surface area contributed by atoms with Crippen LogP contribution in [0, 0.1) is 30.3 Å². The van der Waals surface area contributed by atoms with Gasteiger partial charge in [-0.2, -0.15) is 9.78 Å². The lowest BCUT2D eigenvalue weighted by Gasteiger charge is -2.35. The zero-order chi connectivity index (χ0) is 17.5. The van der Waals surface area contributed by atoms with Gasteiger partial charge in [-0.1, -0.05) is 0 Å². The van der Waals surface area contributed by atoms with E-state index in [0.717, 1.165) is 17.1 Å². The average Bonchev–Trinajstić information content (AvgIpc) is 2.96. The summed E-state index contributed by atoms with van der Waals surface area (Å²) < 4.78 is 0.969. The predicted molar refractivity (Wildman–Crippen MR) is 70.3 cm³/mol. The lowest BCUT2D eigenvalue weighted by atomic mass is 10.0. The summed E-state index contributed by atoms with van der Waals surface area (Å²) in [5.41, 5.74) is -2.59. The first-order chi connectivity index (χ1) is 11.3. The monoisotopic (exact) mass is 338 g/mol. The van der Waals surface area contributed by atoms with Crippen molar-refractivity contribution in [1.29, 1.82) is 0 Å². The van der Waals surface area contributed by atoms with Gasteiger partial charge in [0, 0.05) is 0 Å². The van der Waals surface area contributed by atoms with Crippen molar-refractivity contribution in [1.82, 2.24) is 30.2 Å². The van der Waals surface area contributed by atoms with Gasteiger partial charge in [0.25, 0.3) is 11.9 Å². The van der Waals surface area contributed by atoms with E-state index >= 15 is 0 Å². The SMILES string of the molecule is O=[N+]([O-])c1cnn(-c2nnc(N3CC([N+](=O)[O-])([N+](=O)[O-])C3)nn2)c1. The molecule has 0 spiro atoms. The van der Waals surface area contributed by atoms with E-state index in [4.69, 9.17) is 0 Å². The van der Waals surface area contributed by atoms with Crippen molar-refractivity contribution in [2.45, 2.75) is 5.66 Å². The molecule has 24 heavy (non-hydrogen) atoms. The summed E-state index contributed by atoms with van der Waals surface area (Å²) in [4.78, 5) is 30.8. The zero-order valence-electron chi connectivity index (χ0n) is 11.5. The van der Waals surface area contributed by atoms with Crippen LogP contribution in [0.5, 0.6) is 0 Å². The fourth-order valence-electron chi connectivity index (χ4n) is 1.96. The minimum Gasteiger partial charge on any atom is -0.309 e. The van der Waals surface area contributed by atoms with E-state index in [1.54, 1.807) is 0 Å². The summed E-state index contributed by atoms with van der Waals surface area (Å²) in [7, 11) is 0. The average molecular weight is 338 g/mol. The Labute approximate surface area is 130 Å². The third-order valence-corrected chi connectivity index (χ3v) is 3.29. The van der Waals surface area contributed by atoms with Gasteiger partial charge >= 0.3 is 11.4 Å². The number of anilines is 1. The standard InChI is InChI=1S/C8H6N10O6/c19-16(20)5-1-9-15(2-5)7-12-10-6(11-13-7)14-3-8(4-14,17(21)22)18(23)24/h1-2H,3-4H2. The summed E-state index contributed by atoms with van der Waals surface area (Å²) >= 11 is 0. The molecule has 0 atom stereocenters. The molecule has 1 aliphatic heterocycles. The highest BCUT2D eigenvalue weighted by atomic mass is 16.7. The molecule has 0 unspecified atom stereocenters. The molecule has 0 N–H and O–H groups in total. The molecule has 0 aliphatic carbocycles. The van der Waals surface area contributed by atoms with Crippen LogP contribution in [-0.2, 0) is 0 Å². The van der Waals surface area contributed by atoms with Gasteiger partial charge in [-0.05, 0) is 0 Å². The van der Waals surface area contributed by atoms with Crippen LogP contribution in [0.1, 0.15) is 0 Å². The number of hydrogen-bond acceptors (Lipinski definition) is 12. The van der Waals surface area contributed by atoms with E-state index in [0.29, 0.717) is 0 Å². The smallest absolute Gasteiger partial charge is 0.309 e. The highest BCUT2D eigenvalue weighted by Crippen LogP contribution is 2.27. The Kier molecular flexibility index (Phi) is 3.20. The summed E-state index contributed by atoms with van der Waals surface area (Å²) in [5.74, 6) is -0.304. The largest absolute Gasteiger partial charge is 0.492 e. The van der Waals surface area contributed by atoms with Gasteiger partial charge in [0.15, 0.2) is 13.1 Å². The van der Waals surface area contributed by atoms with Crippen molar-refractivity contribution in [3.8, 4) is 5.95 Å². The molecular formula is C8H6N10O6. The summed E-state index contributed by atoms with van der Waals surface area (Å²) in [5, 5.41) is 50.4. The van der Waals surface area contributed by atoms with E-state index in [-0.39, 0.29) is 17.6 Å². The second kappa shape index (κ2) is 5.11. The first-order valence-corrected chi connectivity index (χ1v) is 6.14. The van der Waals surface area contributed by atoms with Gasteiger partial charge < -0.3 is 4.90 Å². The maximum absolute atomic E-state index is 10.8. The molecule has 2 aromatic heterocycles. The zero-order valence-corrected chi connectivity index (χ0v) is 11.5. The minimum atomic E-state index is -2.30. The molecule has 16 heteroatoms. The van der Waals surface area contributed by atoms with Crippen LogP contribution in [0.15, 0.2) is 12.4 Å². The molecule has 3 heterocycles. The molecule has 16 nitrogen and oxygen atoms in total. The highest BCUT2D eigenvalue weighted by Gasteiger charge is 2.67. The van der Waals surface area contributed by atoms with Gasteiger partial charge in [-0.15, -0.1) is 20.4 Å². The molecule has 1 fully saturated rings. The van der Waals surface area contributed by atoms with Crippen LogP contribution < -0.4 is 4.90 Å². The van der Waals surface area contributed by atoms with Crippen molar-refractivity contribution >= 4 is 11.6 Å². The topological polar surface area (TPSA) is 202 Å². The summed E-state index contributed by atoms with van der Waals surface area (Å²) in [6, 6.07) is 0. The van der Waals surface area contributed by atoms with E-state index in [1.165, 1.54) is 4.90 Å². The quantitative estimate of drug-likeness (QED) is 0.344. The Balaban J connectivity index is 1.75. The lowest BCUT2D eigenvalue weighted by Crippen LogP contribution is -2.70. The number of rotatable bonds is 5. The molecule has 1 saturated heterocycles. The normalized spacial score (nSPS) is 15.6. The van der Waals surface area contributed by atoms with Crippen LogP contribution in [-0.4, -0.2) is 63.7 Å². The Morgan fingerprint density at radius 3 is 1.96 bits per heavy atom. The third kappa shape index (κ3) is 2.21. The Hall–Kier alpha value is -3.85. The van der Waals surface area contributed by atoms with Crippen LogP contribution in [0.3, 0.4) is 0 Å². The van der Waals surface area contributed by atoms with Crippen molar-refractivity contribution in [3.05, 3.63) is 42.7 Å². The van der Waals surface area contributed by atoms with Gasteiger partial charge in [-0.25, -0.2) is 0 Å². The maximum Gasteiger partial charge on any atom is 0.492 e. The Morgan fingerprint density at radius 1 is 0.958 bits per heavy atom. The minimum absolute atomic E-state index is 0.139. The van der Waals surface area contributed by atoms with Gasteiger partial charge in [0.2, 0.25) is 0 Å². The fraction of sp³-hybridized carbons (Fsp3) is 0.375. The molecule has 0 aromatic carbocycles. The van der Waals surface area contributed by atoms with Crippen molar-refractivity contribution in [2.24, 2.45) is 0 Å². The van der Waals surface area contributed by atoms with E-state index in [2.05, 4.69) is 25.5 Å². The number of nitro groups is 3. The molecule has 124 valence electrons. The molecule has 0 radical (unpaired) electrons. The van der Waals surface area contributed by atoms with Crippen LogP contribution >= 0.6 is 0 Å². The van der Waals surface area contributed by atoms with E-state index in [9.17, 15) is 30.3 Å². The molecular weight excluding hydrogens is 332 g/mol. The first kappa shape index (κ1) is 15.1. The third-order valence-electron chi connectivity index (χ3n) is 3.29. The van der Waals surface area contributed by atoms with Crippen molar-refractivity contribution in [3.63, 3.8) is 0 Å². The van der Waals surface area contributed by atoms with Crippen LogP contribution in [0.25, 0.3) is 5.95 Å². The molecule has 2 aromatic rings. The summed E-state index contributed by atoms with van der Waals surface area (Å²) in [6.07, 6.45) is 2.03. The van der Waals surface area contributed by atoms with Gasteiger partial charge in [-0.3, -0.25) is 30.3 Å². The van der Waals surface area contributed by atoms with Gasteiger partial charge in [0.05, 0.1) is 4.92 Å². The van der Waals surface area contributed by atoms with Crippen molar-refractivity contribution < 1.29 is 14.8 Å². The van der Waals surface area contributed by atoms with E-state index in [1.807, 2.05) is 0 Å². The predicted octanol–water partition coefficient (Wildman–Crippen LogP) is -1.57. The molecule has 3 rings (SSSR count). The first-order valence-electron chi connectivity index (χ1n) is 6.14. The molecule has 0 saturated carbocycles. The molecule has 1 aliphatic rings. The maximum atomic E-state index is 10.8. The number of hydrogen-bond donors (Lipinski definition) is 0.